The summed E-state index contributed by atoms with van der Waals surface area (Å²) in [6.45, 7) is 2.93. The molecule has 0 fully saturated rings. The lowest BCUT2D eigenvalue weighted by atomic mass is 10.2. The summed E-state index contributed by atoms with van der Waals surface area (Å²) in [5.74, 6) is -1.12. The number of aryl methyl sites for hydroxylation is 1. The molecule has 0 saturated carbocycles. The fourth-order valence-corrected chi connectivity index (χ4v) is 1.90. The quantitative estimate of drug-likeness (QED) is 0.817. The Hall–Kier alpha value is -2.95. The molecule has 8 heteroatoms. The van der Waals surface area contributed by atoms with Crippen LogP contribution in [0.5, 0.6) is 5.75 Å². The van der Waals surface area contributed by atoms with Gasteiger partial charge < -0.3 is 9.84 Å². The van der Waals surface area contributed by atoms with Crippen molar-refractivity contribution in [1.82, 2.24) is 14.5 Å². The number of hydrogen-bond acceptors (Lipinski definition) is 7. The van der Waals surface area contributed by atoms with Crippen molar-refractivity contribution in [1.29, 1.82) is 5.26 Å². The second-order valence-corrected chi connectivity index (χ2v) is 4.15. The van der Waals surface area contributed by atoms with E-state index >= 15 is 0 Å². The van der Waals surface area contributed by atoms with Gasteiger partial charge in [-0.1, -0.05) is 0 Å². The molecule has 8 nitrogen and oxygen atoms in total. The highest BCUT2D eigenvalue weighted by atomic mass is 16.5. The summed E-state index contributed by atoms with van der Waals surface area (Å²) in [5, 5.41) is 19.1. The van der Waals surface area contributed by atoms with Crippen molar-refractivity contribution in [3.05, 3.63) is 27.9 Å². The van der Waals surface area contributed by atoms with Crippen LogP contribution in [0.15, 0.2) is 11.0 Å². The minimum absolute atomic E-state index is 0.0540. The van der Waals surface area contributed by atoms with Crippen LogP contribution in [0.1, 0.15) is 23.1 Å². The number of aromatic nitrogens is 3. The van der Waals surface area contributed by atoms with Gasteiger partial charge in [0.25, 0.3) is 5.56 Å². The van der Waals surface area contributed by atoms with Crippen molar-refractivity contribution < 1.29 is 14.6 Å². The number of nitriles is 1. The molecule has 0 aromatic carbocycles. The molecule has 21 heavy (non-hydrogen) atoms. The van der Waals surface area contributed by atoms with Gasteiger partial charge in [0.15, 0.2) is 11.2 Å². The molecule has 0 atom stereocenters. The van der Waals surface area contributed by atoms with Gasteiger partial charge in [0.2, 0.25) is 0 Å². The van der Waals surface area contributed by atoms with Crippen LogP contribution in [0.3, 0.4) is 0 Å². The summed E-state index contributed by atoms with van der Waals surface area (Å²) in [4.78, 5) is 32.1. The van der Waals surface area contributed by atoms with E-state index in [1.54, 1.807) is 13.8 Å². The average Bonchev–Trinajstić information content (AvgIpc) is 2.43. The van der Waals surface area contributed by atoms with E-state index in [0.29, 0.717) is 5.82 Å². The lowest BCUT2D eigenvalue weighted by Gasteiger charge is -2.11. The molecule has 0 aliphatic carbocycles. The van der Waals surface area contributed by atoms with Gasteiger partial charge in [0.1, 0.15) is 18.1 Å². The standard InChI is InChI=1S/C13H12N4O4/c1-3-21-13(20)9-10(18)8-6-15-7(2)16-11(8)17(5-4-14)12(9)19/h6,18H,3,5H2,1-2H3. The molecular formula is C13H12N4O4. The van der Waals surface area contributed by atoms with Crippen molar-refractivity contribution in [2.45, 2.75) is 20.4 Å². The normalized spacial score (nSPS) is 10.3. The van der Waals surface area contributed by atoms with E-state index in [4.69, 9.17) is 10.00 Å². The van der Waals surface area contributed by atoms with Crippen molar-refractivity contribution in [2.75, 3.05) is 6.61 Å². The molecule has 0 aliphatic heterocycles. The number of carbonyl (C=O) groups excluding carboxylic acids is 1. The number of carbonyl (C=O) groups is 1. The molecule has 2 rings (SSSR count). The summed E-state index contributed by atoms with van der Waals surface area (Å²) < 4.78 is 5.77. The van der Waals surface area contributed by atoms with E-state index in [9.17, 15) is 14.7 Å². The van der Waals surface area contributed by atoms with E-state index in [0.717, 1.165) is 4.57 Å². The van der Waals surface area contributed by atoms with Gasteiger partial charge in [-0.05, 0) is 13.8 Å². The second kappa shape index (κ2) is 5.58. The maximum Gasteiger partial charge on any atom is 0.347 e. The van der Waals surface area contributed by atoms with Crippen molar-refractivity contribution in [3.63, 3.8) is 0 Å². The molecule has 0 bridgehead atoms. The van der Waals surface area contributed by atoms with Gasteiger partial charge in [-0.2, -0.15) is 5.26 Å². The Morgan fingerprint density at radius 2 is 2.29 bits per heavy atom. The topological polar surface area (TPSA) is 118 Å². The Balaban J connectivity index is 2.89. The van der Waals surface area contributed by atoms with Gasteiger partial charge >= 0.3 is 5.97 Å². The summed E-state index contributed by atoms with van der Waals surface area (Å²) in [7, 11) is 0. The maximum atomic E-state index is 12.3. The van der Waals surface area contributed by atoms with E-state index in [2.05, 4.69) is 9.97 Å². The first-order valence-corrected chi connectivity index (χ1v) is 6.14. The van der Waals surface area contributed by atoms with Gasteiger partial charge in [-0.3, -0.25) is 9.36 Å². The zero-order valence-electron chi connectivity index (χ0n) is 11.5. The summed E-state index contributed by atoms with van der Waals surface area (Å²) in [5.41, 5.74) is -1.25. The van der Waals surface area contributed by atoms with Crippen LogP contribution in [0, 0.1) is 18.3 Å². The number of ether oxygens (including phenoxy) is 1. The molecule has 0 amide bonds. The minimum Gasteiger partial charge on any atom is -0.506 e. The first kappa shape index (κ1) is 14.5. The minimum atomic E-state index is -0.950. The SMILES string of the molecule is CCOC(=O)c1c(O)c2cnc(C)nc2n(CC#N)c1=O. The number of rotatable bonds is 3. The van der Waals surface area contributed by atoms with Gasteiger partial charge in [0.05, 0.1) is 18.1 Å². The summed E-state index contributed by atoms with van der Waals surface area (Å²) >= 11 is 0. The fourth-order valence-electron chi connectivity index (χ4n) is 1.90. The van der Waals surface area contributed by atoms with E-state index in [1.165, 1.54) is 6.20 Å². The van der Waals surface area contributed by atoms with Crippen molar-refractivity contribution in [3.8, 4) is 11.8 Å². The predicted octanol–water partition coefficient (Wildman–Crippen LogP) is 0.506. The first-order valence-electron chi connectivity index (χ1n) is 6.14. The van der Waals surface area contributed by atoms with Crippen LogP contribution < -0.4 is 5.56 Å². The molecule has 2 aromatic heterocycles. The molecule has 0 radical (unpaired) electrons. The van der Waals surface area contributed by atoms with E-state index in [1.807, 2.05) is 6.07 Å². The Morgan fingerprint density at radius 1 is 1.57 bits per heavy atom. The van der Waals surface area contributed by atoms with Crippen LogP contribution in [0.2, 0.25) is 0 Å². The number of aromatic hydroxyl groups is 1. The zero-order chi connectivity index (χ0) is 15.6. The molecule has 0 unspecified atom stereocenters. The van der Waals surface area contributed by atoms with Crippen LogP contribution >= 0.6 is 0 Å². The fraction of sp³-hybridized carbons (Fsp3) is 0.308. The number of esters is 1. The lowest BCUT2D eigenvalue weighted by Crippen LogP contribution is -2.28. The molecule has 0 aliphatic rings. The van der Waals surface area contributed by atoms with Gasteiger partial charge in [-0.25, -0.2) is 14.8 Å². The number of hydrogen-bond donors (Lipinski definition) is 1. The predicted molar refractivity (Wildman–Crippen MR) is 71.8 cm³/mol. The Labute approximate surface area is 119 Å². The molecule has 2 aromatic rings. The zero-order valence-corrected chi connectivity index (χ0v) is 11.5. The third kappa shape index (κ3) is 2.41. The number of pyridine rings is 1. The third-order valence-corrected chi connectivity index (χ3v) is 2.80. The first-order chi connectivity index (χ1) is 10.0. The highest BCUT2D eigenvalue weighted by Gasteiger charge is 2.24. The number of nitrogens with zero attached hydrogens (tertiary/aromatic N) is 4. The lowest BCUT2D eigenvalue weighted by molar-refractivity contribution is 0.0520. The van der Waals surface area contributed by atoms with Crippen LogP contribution in [0.4, 0.5) is 0 Å². The molecule has 1 N–H and O–H groups in total. The van der Waals surface area contributed by atoms with E-state index < -0.39 is 22.8 Å². The Morgan fingerprint density at radius 3 is 2.90 bits per heavy atom. The van der Waals surface area contributed by atoms with Gasteiger partial charge in [-0.15, -0.1) is 0 Å². The summed E-state index contributed by atoms with van der Waals surface area (Å²) in [6.07, 6.45) is 1.29. The smallest absolute Gasteiger partial charge is 0.347 e. The van der Waals surface area contributed by atoms with Gasteiger partial charge in [0, 0.05) is 6.20 Å². The Kier molecular flexibility index (Phi) is 3.84. The van der Waals surface area contributed by atoms with Crippen LogP contribution in [0.25, 0.3) is 11.0 Å². The second-order valence-electron chi connectivity index (χ2n) is 4.15. The van der Waals surface area contributed by atoms with Crippen LogP contribution in [-0.2, 0) is 11.3 Å². The molecule has 0 spiro atoms. The van der Waals surface area contributed by atoms with Crippen molar-refractivity contribution >= 4 is 17.0 Å². The maximum absolute atomic E-state index is 12.3. The molecule has 0 saturated heterocycles. The average molecular weight is 288 g/mol. The van der Waals surface area contributed by atoms with Crippen LogP contribution in [-0.4, -0.2) is 32.2 Å². The molecule has 2 heterocycles. The Bertz CT molecular complexity index is 820. The summed E-state index contributed by atoms with van der Waals surface area (Å²) in [6, 6.07) is 1.82. The van der Waals surface area contributed by atoms with Crippen molar-refractivity contribution in [2.24, 2.45) is 0 Å². The third-order valence-electron chi connectivity index (χ3n) is 2.80. The van der Waals surface area contributed by atoms with E-state index in [-0.39, 0.29) is 24.2 Å². The highest BCUT2D eigenvalue weighted by molar-refractivity contribution is 5.98. The molecular weight excluding hydrogens is 276 g/mol. The molecule has 108 valence electrons. The largest absolute Gasteiger partial charge is 0.506 e. The monoisotopic (exact) mass is 288 g/mol. The number of fused-ring (bicyclic) bond motifs is 1. The highest BCUT2D eigenvalue weighted by Crippen LogP contribution is 2.25.